The second-order valence-corrected chi connectivity index (χ2v) is 10.4. The fourth-order valence-electron chi connectivity index (χ4n) is 4.18. The number of fused-ring (bicyclic) bond motifs is 2. The number of amides is 1. The first-order valence-corrected chi connectivity index (χ1v) is 12.7. The molecule has 2 aliphatic rings. The van der Waals surface area contributed by atoms with Crippen molar-refractivity contribution in [1.29, 1.82) is 0 Å². The van der Waals surface area contributed by atoms with Crippen molar-refractivity contribution in [3.8, 4) is 23.0 Å². The van der Waals surface area contributed by atoms with E-state index in [-0.39, 0.29) is 22.0 Å². The molecule has 1 amide bonds. The van der Waals surface area contributed by atoms with Crippen molar-refractivity contribution in [2.24, 2.45) is 0 Å². The zero-order valence-corrected chi connectivity index (χ0v) is 19.6. The number of pyridine rings is 1. The van der Waals surface area contributed by atoms with E-state index in [1.54, 1.807) is 30.5 Å². The van der Waals surface area contributed by atoms with E-state index >= 15 is 0 Å². The Kier molecular flexibility index (Phi) is 5.97. The lowest BCUT2D eigenvalue weighted by Gasteiger charge is -2.22. The molecule has 1 aromatic heterocycles. The van der Waals surface area contributed by atoms with Crippen molar-refractivity contribution < 1.29 is 22.7 Å². The number of benzene rings is 2. The molecule has 0 unspecified atom stereocenters. The smallest absolute Gasteiger partial charge is 0.259 e. The monoisotopic (exact) mass is 479 g/mol. The standard InChI is InChI=1S/C25H25N3O5S/c1-17-8-9-21-20(13-17)27-25(29)19-14-24(34(30,31)28-11-4-2-3-5-12-28)23(15-22(19)33-21)32-18-7-6-10-26-16-18/h6-10,13-16H,2-5,11-12H2,1H3,(H,27,29). The highest BCUT2D eigenvalue weighted by atomic mass is 32.2. The predicted molar refractivity (Wildman–Crippen MR) is 127 cm³/mol. The van der Waals surface area contributed by atoms with Crippen LogP contribution in [0.1, 0.15) is 41.6 Å². The van der Waals surface area contributed by atoms with Crippen LogP contribution >= 0.6 is 0 Å². The van der Waals surface area contributed by atoms with Crippen LogP contribution in [-0.2, 0) is 10.0 Å². The second kappa shape index (κ2) is 9.08. The SMILES string of the molecule is Cc1ccc2c(c1)NC(=O)c1cc(S(=O)(=O)N3CCCCCC3)c(Oc3cccnc3)cc1O2. The summed E-state index contributed by atoms with van der Waals surface area (Å²) in [5.74, 6) is 0.699. The molecule has 0 spiro atoms. The van der Waals surface area contributed by atoms with Gasteiger partial charge in [-0.2, -0.15) is 4.31 Å². The van der Waals surface area contributed by atoms with E-state index in [2.05, 4.69) is 10.3 Å². The molecule has 5 rings (SSSR count). The average Bonchev–Trinajstić information content (AvgIpc) is 3.17. The molecular weight excluding hydrogens is 454 g/mol. The van der Waals surface area contributed by atoms with Crippen molar-refractivity contribution in [3.05, 3.63) is 66.0 Å². The molecule has 1 N–H and O–H groups in total. The van der Waals surface area contributed by atoms with Crippen LogP contribution in [0.25, 0.3) is 0 Å². The number of hydrogen-bond donors (Lipinski definition) is 1. The molecule has 176 valence electrons. The van der Waals surface area contributed by atoms with Crippen LogP contribution in [0, 0.1) is 6.92 Å². The van der Waals surface area contributed by atoms with Crippen LogP contribution in [0.5, 0.6) is 23.0 Å². The van der Waals surface area contributed by atoms with E-state index < -0.39 is 15.9 Å². The molecule has 0 aliphatic carbocycles. The zero-order valence-electron chi connectivity index (χ0n) is 18.8. The predicted octanol–water partition coefficient (Wildman–Crippen LogP) is 5.11. The Labute approximate surface area is 198 Å². The number of nitrogens with zero attached hydrogens (tertiary/aromatic N) is 2. The van der Waals surface area contributed by atoms with Crippen LogP contribution in [-0.4, -0.2) is 36.7 Å². The minimum atomic E-state index is -3.93. The normalized spacial score (nSPS) is 16.3. The van der Waals surface area contributed by atoms with Gasteiger partial charge in [0.25, 0.3) is 5.91 Å². The third-order valence-electron chi connectivity index (χ3n) is 5.94. The highest BCUT2D eigenvalue weighted by Gasteiger charge is 2.32. The third-order valence-corrected chi connectivity index (χ3v) is 7.86. The maximum atomic E-state index is 13.8. The van der Waals surface area contributed by atoms with E-state index in [0.29, 0.717) is 30.3 Å². The van der Waals surface area contributed by atoms with Gasteiger partial charge in [-0.15, -0.1) is 0 Å². The Morgan fingerprint density at radius 3 is 2.56 bits per heavy atom. The molecule has 9 heteroatoms. The summed E-state index contributed by atoms with van der Waals surface area (Å²) in [6.07, 6.45) is 6.67. The molecule has 0 atom stereocenters. The van der Waals surface area contributed by atoms with Gasteiger partial charge in [0.05, 0.1) is 17.4 Å². The minimum Gasteiger partial charge on any atom is -0.454 e. The number of carbonyl (C=O) groups excluding carboxylic acids is 1. The maximum Gasteiger partial charge on any atom is 0.259 e. The lowest BCUT2D eigenvalue weighted by atomic mass is 10.1. The van der Waals surface area contributed by atoms with Crippen LogP contribution in [0.15, 0.2) is 59.8 Å². The van der Waals surface area contributed by atoms with Gasteiger partial charge in [-0.3, -0.25) is 9.78 Å². The number of rotatable bonds is 4. The Bertz CT molecular complexity index is 1330. The molecule has 0 bridgehead atoms. The number of carbonyl (C=O) groups is 1. The van der Waals surface area contributed by atoms with Gasteiger partial charge in [0.2, 0.25) is 10.0 Å². The number of hydrogen-bond acceptors (Lipinski definition) is 6. The molecule has 3 heterocycles. The van der Waals surface area contributed by atoms with Crippen LogP contribution in [0.3, 0.4) is 0 Å². The topological polar surface area (TPSA) is 97.8 Å². The van der Waals surface area contributed by atoms with E-state index in [9.17, 15) is 13.2 Å². The van der Waals surface area contributed by atoms with Crippen LogP contribution < -0.4 is 14.8 Å². The van der Waals surface area contributed by atoms with Gasteiger partial charge in [0.15, 0.2) is 11.5 Å². The van der Waals surface area contributed by atoms with Gasteiger partial charge in [-0.05, 0) is 55.7 Å². The van der Waals surface area contributed by atoms with Crippen molar-refractivity contribution in [2.45, 2.75) is 37.5 Å². The average molecular weight is 480 g/mol. The maximum absolute atomic E-state index is 13.8. The highest BCUT2D eigenvalue weighted by Crippen LogP contribution is 2.42. The number of aromatic nitrogens is 1. The number of anilines is 1. The van der Waals surface area contributed by atoms with Crippen LogP contribution in [0.2, 0.25) is 0 Å². The molecule has 0 saturated carbocycles. The summed E-state index contributed by atoms with van der Waals surface area (Å²) in [6, 6.07) is 11.7. The van der Waals surface area contributed by atoms with E-state index in [4.69, 9.17) is 9.47 Å². The molecule has 1 saturated heterocycles. The summed E-state index contributed by atoms with van der Waals surface area (Å²) in [5.41, 5.74) is 1.60. The Hall–Kier alpha value is -3.43. The van der Waals surface area contributed by atoms with Crippen LogP contribution in [0.4, 0.5) is 5.69 Å². The number of ether oxygens (including phenoxy) is 2. The van der Waals surface area contributed by atoms with Gasteiger partial charge >= 0.3 is 0 Å². The van der Waals surface area contributed by atoms with E-state index in [1.807, 2.05) is 13.0 Å². The van der Waals surface area contributed by atoms with Crippen molar-refractivity contribution in [3.63, 3.8) is 0 Å². The first-order valence-electron chi connectivity index (χ1n) is 11.3. The van der Waals surface area contributed by atoms with Gasteiger partial charge in [-0.25, -0.2) is 8.42 Å². The van der Waals surface area contributed by atoms with Gasteiger partial charge in [0.1, 0.15) is 16.4 Å². The highest BCUT2D eigenvalue weighted by molar-refractivity contribution is 7.89. The summed E-state index contributed by atoms with van der Waals surface area (Å²) >= 11 is 0. The molecule has 34 heavy (non-hydrogen) atoms. The lowest BCUT2D eigenvalue weighted by Crippen LogP contribution is -2.32. The quantitative estimate of drug-likeness (QED) is 0.559. The number of sulfonamides is 1. The van der Waals surface area contributed by atoms with Crippen molar-refractivity contribution in [2.75, 3.05) is 18.4 Å². The van der Waals surface area contributed by atoms with Crippen molar-refractivity contribution >= 4 is 21.6 Å². The largest absolute Gasteiger partial charge is 0.454 e. The molecule has 0 radical (unpaired) electrons. The first-order chi connectivity index (χ1) is 16.4. The Morgan fingerprint density at radius 1 is 1.03 bits per heavy atom. The summed E-state index contributed by atoms with van der Waals surface area (Å²) in [6.45, 7) is 2.77. The lowest BCUT2D eigenvalue weighted by molar-refractivity contribution is 0.102. The summed E-state index contributed by atoms with van der Waals surface area (Å²) in [4.78, 5) is 17.1. The van der Waals surface area contributed by atoms with Crippen molar-refractivity contribution in [1.82, 2.24) is 9.29 Å². The first kappa shape index (κ1) is 22.4. The molecular formula is C25H25N3O5S. The van der Waals surface area contributed by atoms with E-state index in [0.717, 1.165) is 31.2 Å². The van der Waals surface area contributed by atoms with Gasteiger partial charge < -0.3 is 14.8 Å². The minimum absolute atomic E-state index is 0.0714. The molecule has 8 nitrogen and oxygen atoms in total. The summed E-state index contributed by atoms with van der Waals surface area (Å²) < 4.78 is 41.0. The second-order valence-electron chi connectivity index (χ2n) is 8.46. The Morgan fingerprint density at radius 2 is 1.82 bits per heavy atom. The molecule has 1 fully saturated rings. The molecule has 2 aromatic carbocycles. The zero-order chi connectivity index (χ0) is 23.7. The molecule has 3 aromatic rings. The third kappa shape index (κ3) is 4.36. The summed E-state index contributed by atoms with van der Waals surface area (Å²) in [5, 5.41) is 2.83. The van der Waals surface area contributed by atoms with E-state index in [1.165, 1.54) is 22.6 Å². The fraction of sp³-hybridized carbons (Fsp3) is 0.280. The number of aryl methyl sites for hydroxylation is 1. The Balaban J connectivity index is 1.64. The number of nitrogens with one attached hydrogen (secondary N) is 1. The fourth-order valence-corrected chi connectivity index (χ4v) is 5.82. The summed E-state index contributed by atoms with van der Waals surface area (Å²) in [7, 11) is -3.93. The molecule has 2 aliphatic heterocycles. The van der Waals surface area contributed by atoms with Gasteiger partial charge in [-0.1, -0.05) is 18.9 Å². The van der Waals surface area contributed by atoms with Gasteiger partial charge in [0, 0.05) is 25.4 Å².